The summed E-state index contributed by atoms with van der Waals surface area (Å²) in [5.41, 5.74) is 0.325. The number of hydrogen-bond donors (Lipinski definition) is 0. The summed E-state index contributed by atoms with van der Waals surface area (Å²) in [6, 6.07) is 0. The van der Waals surface area contributed by atoms with Gasteiger partial charge < -0.3 is 18.8 Å². The summed E-state index contributed by atoms with van der Waals surface area (Å²) in [6.45, 7) is 9.85. The van der Waals surface area contributed by atoms with Crippen LogP contribution in [0, 0.1) is 13.8 Å². The number of ether oxygens (including phenoxy) is 2. The van der Waals surface area contributed by atoms with Gasteiger partial charge in [0.1, 0.15) is 17.1 Å². The largest absolute Gasteiger partial charge is 0.465 e. The molecule has 0 bridgehead atoms. The Kier molecular flexibility index (Phi) is 5.52. The van der Waals surface area contributed by atoms with Gasteiger partial charge in [-0.25, -0.2) is 4.79 Å². The Morgan fingerprint density at radius 3 is 2.26 bits per heavy atom. The third-order valence-corrected chi connectivity index (χ3v) is 4.71. The zero-order valence-corrected chi connectivity index (χ0v) is 15.6. The number of morpholine rings is 1. The van der Waals surface area contributed by atoms with Gasteiger partial charge in [0.2, 0.25) is 0 Å². The molecule has 128 valence electrons. The molecule has 0 N–H and O–H groups in total. The van der Waals surface area contributed by atoms with Crippen LogP contribution in [0.25, 0.3) is 0 Å². The number of nitrogens with zero attached hydrogens (tertiary/aromatic N) is 1. The van der Waals surface area contributed by atoms with E-state index in [9.17, 15) is 9.59 Å². The van der Waals surface area contributed by atoms with E-state index in [1.807, 2.05) is 13.8 Å². The number of rotatable bonds is 3. The maximum atomic E-state index is 12.5. The standard InChI is InChI=1S/C16H22BrNO5/c1-8-6-18(7-9(2)21-8)15(19)12(5)23-16(20)13-10(3)22-11(4)14(13)17/h8-9,12H,6-7H2,1-5H3/t8-,9+,12-/m1/s1. The van der Waals surface area contributed by atoms with E-state index < -0.39 is 12.1 Å². The van der Waals surface area contributed by atoms with Crippen LogP contribution in [0.1, 0.15) is 42.6 Å². The lowest BCUT2D eigenvalue weighted by atomic mass is 10.2. The van der Waals surface area contributed by atoms with Gasteiger partial charge in [0.05, 0.1) is 16.7 Å². The van der Waals surface area contributed by atoms with Crippen LogP contribution >= 0.6 is 15.9 Å². The lowest BCUT2D eigenvalue weighted by Crippen LogP contribution is -2.51. The Hall–Kier alpha value is -1.34. The van der Waals surface area contributed by atoms with Crippen molar-refractivity contribution in [3.63, 3.8) is 0 Å². The van der Waals surface area contributed by atoms with Crippen LogP contribution in [-0.4, -0.2) is 48.2 Å². The van der Waals surface area contributed by atoms with Gasteiger partial charge in [-0.05, 0) is 50.5 Å². The monoisotopic (exact) mass is 387 g/mol. The van der Waals surface area contributed by atoms with E-state index in [0.29, 0.717) is 34.6 Å². The Balaban J connectivity index is 2.04. The average molecular weight is 388 g/mol. The number of halogens is 1. The molecule has 1 saturated heterocycles. The summed E-state index contributed by atoms with van der Waals surface area (Å²) < 4.78 is 16.9. The molecule has 1 fully saturated rings. The second-order valence-electron chi connectivity index (χ2n) is 5.95. The second kappa shape index (κ2) is 7.05. The number of esters is 1. The molecule has 1 aliphatic rings. The first-order valence-electron chi connectivity index (χ1n) is 7.61. The molecule has 0 aromatic carbocycles. The highest BCUT2D eigenvalue weighted by atomic mass is 79.9. The maximum Gasteiger partial charge on any atom is 0.343 e. The smallest absolute Gasteiger partial charge is 0.343 e. The van der Waals surface area contributed by atoms with E-state index >= 15 is 0 Å². The maximum absolute atomic E-state index is 12.5. The Morgan fingerprint density at radius 2 is 1.78 bits per heavy atom. The minimum atomic E-state index is -0.860. The van der Waals surface area contributed by atoms with E-state index in [1.54, 1.807) is 25.7 Å². The van der Waals surface area contributed by atoms with Crippen molar-refractivity contribution in [3.8, 4) is 0 Å². The van der Waals surface area contributed by atoms with Gasteiger partial charge in [-0.1, -0.05) is 0 Å². The fraction of sp³-hybridized carbons (Fsp3) is 0.625. The average Bonchev–Trinajstić information content (AvgIpc) is 2.70. The van der Waals surface area contributed by atoms with Gasteiger partial charge in [-0.15, -0.1) is 0 Å². The fourth-order valence-corrected chi connectivity index (χ4v) is 3.30. The van der Waals surface area contributed by atoms with E-state index in [2.05, 4.69) is 15.9 Å². The van der Waals surface area contributed by atoms with Gasteiger partial charge in [0.15, 0.2) is 6.10 Å². The van der Waals surface area contributed by atoms with Crippen molar-refractivity contribution in [1.29, 1.82) is 0 Å². The van der Waals surface area contributed by atoms with Crippen LogP contribution in [0.4, 0.5) is 0 Å². The molecule has 0 saturated carbocycles. The summed E-state index contributed by atoms with van der Waals surface area (Å²) in [5, 5.41) is 0. The lowest BCUT2D eigenvalue weighted by molar-refractivity contribution is -0.151. The van der Waals surface area contributed by atoms with Crippen molar-refractivity contribution in [2.24, 2.45) is 0 Å². The van der Waals surface area contributed by atoms with Crippen LogP contribution < -0.4 is 0 Å². The number of furan rings is 1. The summed E-state index contributed by atoms with van der Waals surface area (Å²) in [4.78, 5) is 26.5. The number of carbonyl (C=O) groups excluding carboxylic acids is 2. The van der Waals surface area contributed by atoms with Crippen LogP contribution in [-0.2, 0) is 14.3 Å². The van der Waals surface area contributed by atoms with Crippen molar-refractivity contribution in [3.05, 3.63) is 21.6 Å². The molecule has 7 heteroatoms. The van der Waals surface area contributed by atoms with Gasteiger partial charge in [0, 0.05) is 13.1 Å². The number of amides is 1. The van der Waals surface area contributed by atoms with E-state index in [-0.39, 0.29) is 18.1 Å². The molecule has 0 spiro atoms. The molecule has 0 radical (unpaired) electrons. The Labute approximate surface area is 144 Å². The summed E-state index contributed by atoms with van der Waals surface area (Å²) in [6.07, 6.45) is -0.918. The molecule has 2 rings (SSSR count). The third kappa shape index (κ3) is 3.95. The van der Waals surface area contributed by atoms with Crippen LogP contribution in [0.2, 0.25) is 0 Å². The third-order valence-electron chi connectivity index (χ3n) is 3.75. The topological polar surface area (TPSA) is 69.0 Å². The second-order valence-corrected chi connectivity index (χ2v) is 6.74. The molecule has 0 aliphatic carbocycles. The molecule has 23 heavy (non-hydrogen) atoms. The molecule has 0 unspecified atom stereocenters. The highest BCUT2D eigenvalue weighted by molar-refractivity contribution is 9.10. The molecule has 1 aromatic heterocycles. The Morgan fingerprint density at radius 1 is 1.22 bits per heavy atom. The van der Waals surface area contributed by atoms with Gasteiger partial charge in [0.25, 0.3) is 5.91 Å². The molecule has 3 atom stereocenters. The number of aryl methyl sites for hydroxylation is 2. The minimum absolute atomic E-state index is 0.0292. The molecular weight excluding hydrogens is 366 g/mol. The van der Waals surface area contributed by atoms with Crippen molar-refractivity contribution in [2.45, 2.75) is 52.9 Å². The van der Waals surface area contributed by atoms with Gasteiger partial charge in [-0.2, -0.15) is 0 Å². The van der Waals surface area contributed by atoms with Gasteiger partial charge >= 0.3 is 5.97 Å². The molecule has 1 aliphatic heterocycles. The van der Waals surface area contributed by atoms with E-state index in [0.717, 1.165) is 0 Å². The summed E-state index contributed by atoms with van der Waals surface area (Å²) in [5.74, 6) is 0.285. The summed E-state index contributed by atoms with van der Waals surface area (Å²) in [7, 11) is 0. The van der Waals surface area contributed by atoms with Crippen LogP contribution in [0.15, 0.2) is 8.89 Å². The Bertz CT molecular complexity index is 602. The van der Waals surface area contributed by atoms with Crippen molar-refractivity contribution >= 4 is 27.8 Å². The SMILES string of the molecule is Cc1oc(C)c(C(=O)O[C@H](C)C(=O)N2C[C@@H](C)O[C@@H](C)C2)c1Br. The van der Waals surface area contributed by atoms with Gasteiger partial charge in [-0.3, -0.25) is 4.79 Å². The summed E-state index contributed by atoms with van der Waals surface area (Å²) >= 11 is 3.31. The highest BCUT2D eigenvalue weighted by Gasteiger charge is 2.31. The van der Waals surface area contributed by atoms with Crippen molar-refractivity contribution < 1.29 is 23.5 Å². The fourth-order valence-electron chi connectivity index (χ4n) is 2.77. The quantitative estimate of drug-likeness (QED) is 0.745. The lowest BCUT2D eigenvalue weighted by Gasteiger charge is -2.36. The zero-order valence-electron chi connectivity index (χ0n) is 14.0. The molecule has 6 nitrogen and oxygen atoms in total. The molecule has 2 heterocycles. The molecule has 1 amide bonds. The van der Waals surface area contributed by atoms with Crippen LogP contribution in [0.5, 0.6) is 0 Å². The molecule has 1 aromatic rings. The predicted molar refractivity (Wildman–Crippen MR) is 87.3 cm³/mol. The van der Waals surface area contributed by atoms with Crippen molar-refractivity contribution in [1.82, 2.24) is 4.90 Å². The van der Waals surface area contributed by atoms with E-state index in [1.165, 1.54) is 0 Å². The van der Waals surface area contributed by atoms with Crippen molar-refractivity contribution in [2.75, 3.05) is 13.1 Å². The first kappa shape index (κ1) is 18.0. The predicted octanol–water partition coefficient (Wildman–Crippen LogP) is 2.84. The van der Waals surface area contributed by atoms with E-state index in [4.69, 9.17) is 13.9 Å². The number of carbonyl (C=O) groups is 2. The molecular formula is C16H22BrNO5. The first-order chi connectivity index (χ1) is 10.7. The highest BCUT2D eigenvalue weighted by Crippen LogP contribution is 2.28. The zero-order chi connectivity index (χ0) is 17.3. The minimum Gasteiger partial charge on any atom is -0.465 e. The first-order valence-corrected chi connectivity index (χ1v) is 8.40. The van der Waals surface area contributed by atoms with Crippen LogP contribution in [0.3, 0.4) is 0 Å². The number of hydrogen-bond acceptors (Lipinski definition) is 5. The normalized spacial score (nSPS) is 22.8.